The highest BCUT2D eigenvalue weighted by atomic mass is 16.5. The Morgan fingerprint density at radius 2 is 1.96 bits per heavy atom. The second kappa shape index (κ2) is 6.93. The molecule has 1 aliphatic heterocycles. The van der Waals surface area contributed by atoms with Crippen LogP contribution < -0.4 is 14.8 Å². The quantitative estimate of drug-likeness (QED) is 0.710. The fraction of sp³-hybridized carbons (Fsp3) is 0.500. The molecule has 7 heteroatoms. The second-order valence-corrected chi connectivity index (χ2v) is 6.35. The molecule has 7 nitrogen and oxygen atoms in total. The zero-order chi connectivity index (χ0) is 17.2. The minimum absolute atomic E-state index is 0.741. The van der Waals surface area contributed by atoms with Crippen molar-refractivity contribution in [2.45, 2.75) is 6.42 Å². The maximum Gasteiger partial charge on any atom is 0.161 e. The number of aromatic nitrogens is 2. The van der Waals surface area contributed by atoms with Crippen LogP contribution in [0.15, 0.2) is 12.1 Å². The Balaban J connectivity index is 1.47. The summed E-state index contributed by atoms with van der Waals surface area (Å²) in [4.78, 5) is 2.41. The Morgan fingerprint density at radius 1 is 1.20 bits per heavy atom. The summed E-state index contributed by atoms with van der Waals surface area (Å²) in [6.45, 7) is 5.55. The molecule has 4 rings (SSSR count). The van der Waals surface area contributed by atoms with Gasteiger partial charge in [0.2, 0.25) is 0 Å². The number of ether oxygens (including phenoxy) is 3. The Bertz CT molecular complexity index is 753. The van der Waals surface area contributed by atoms with Gasteiger partial charge in [-0.1, -0.05) is 0 Å². The molecule has 0 unspecified atom stereocenters. The number of hydrogen-bond acceptors (Lipinski definition) is 6. The van der Waals surface area contributed by atoms with Gasteiger partial charge in [-0.15, -0.1) is 0 Å². The average molecular weight is 344 g/mol. The molecule has 0 saturated carbocycles. The predicted molar refractivity (Wildman–Crippen MR) is 95.7 cm³/mol. The minimum atomic E-state index is 0.741. The van der Waals surface area contributed by atoms with E-state index in [1.807, 2.05) is 6.07 Å². The first kappa shape index (κ1) is 16.2. The lowest BCUT2D eigenvalue weighted by Gasteiger charge is -2.26. The van der Waals surface area contributed by atoms with Crippen molar-refractivity contribution in [1.29, 1.82) is 0 Å². The first-order valence-corrected chi connectivity index (χ1v) is 8.66. The highest BCUT2D eigenvalue weighted by Crippen LogP contribution is 2.43. The van der Waals surface area contributed by atoms with E-state index in [0.717, 1.165) is 74.4 Å². The van der Waals surface area contributed by atoms with Crippen LogP contribution >= 0.6 is 0 Å². The van der Waals surface area contributed by atoms with Crippen LogP contribution in [0.1, 0.15) is 11.1 Å². The number of fused-ring (bicyclic) bond motifs is 3. The molecule has 25 heavy (non-hydrogen) atoms. The zero-order valence-electron chi connectivity index (χ0n) is 14.7. The van der Waals surface area contributed by atoms with Crippen molar-refractivity contribution in [1.82, 2.24) is 15.1 Å². The molecular weight excluding hydrogens is 320 g/mol. The van der Waals surface area contributed by atoms with E-state index < -0.39 is 0 Å². The SMILES string of the molecule is COc1cc2c(cc1OC)-c1[nH]nc(NCCN3CCOCC3)c1C2. The lowest BCUT2D eigenvalue weighted by atomic mass is 10.1. The molecule has 2 N–H and O–H groups in total. The topological polar surface area (TPSA) is 71.6 Å². The van der Waals surface area contributed by atoms with Gasteiger partial charge in [-0.2, -0.15) is 5.10 Å². The van der Waals surface area contributed by atoms with Crippen LogP contribution in [0.25, 0.3) is 11.3 Å². The molecule has 2 aliphatic rings. The molecule has 0 amide bonds. The van der Waals surface area contributed by atoms with Crippen molar-refractivity contribution in [3.8, 4) is 22.8 Å². The molecule has 2 aromatic rings. The van der Waals surface area contributed by atoms with E-state index in [4.69, 9.17) is 14.2 Å². The highest BCUT2D eigenvalue weighted by Gasteiger charge is 2.26. The van der Waals surface area contributed by atoms with Crippen molar-refractivity contribution in [2.24, 2.45) is 0 Å². The van der Waals surface area contributed by atoms with Gasteiger partial charge in [-0.25, -0.2) is 0 Å². The van der Waals surface area contributed by atoms with E-state index in [9.17, 15) is 0 Å². The van der Waals surface area contributed by atoms with Gasteiger partial charge in [0.05, 0.1) is 33.1 Å². The summed E-state index contributed by atoms with van der Waals surface area (Å²) < 4.78 is 16.2. The highest BCUT2D eigenvalue weighted by molar-refractivity contribution is 5.80. The molecule has 1 aliphatic carbocycles. The molecule has 1 aromatic heterocycles. The van der Waals surface area contributed by atoms with Crippen LogP contribution in [0.2, 0.25) is 0 Å². The van der Waals surface area contributed by atoms with Gasteiger partial charge in [0.15, 0.2) is 17.3 Å². The van der Waals surface area contributed by atoms with Crippen molar-refractivity contribution >= 4 is 5.82 Å². The second-order valence-electron chi connectivity index (χ2n) is 6.35. The molecule has 1 fully saturated rings. The van der Waals surface area contributed by atoms with Crippen LogP contribution in [-0.4, -0.2) is 68.7 Å². The molecule has 1 saturated heterocycles. The van der Waals surface area contributed by atoms with Gasteiger partial charge < -0.3 is 19.5 Å². The monoisotopic (exact) mass is 344 g/mol. The molecule has 1 aromatic carbocycles. The fourth-order valence-electron chi connectivity index (χ4n) is 3.55. The smallest absolute Gasteiger partial charge is 0.161 e. The summed E-state index contributed by atoms with van der Waals surface area (Å²) in [6.07, 6.45) is 0.849. The lowest BCUT2D eigenvalue weighted by molar-refractivity contribution is 0.0398. The number of H-pyrrole nitrogens is 1. The van der Waals surface area contributed by atoms with Gasteiger partial charge in [0.25, 0.3) is 0 Å². The minimum Gasteiger partial charge on any atom is -0.493 e. The number of anilines is 1. The summed E-state index contributed by atoms with van der Waals surface area (Å²) in [5, 5.41) is 11.1. The van der Waals surface area contributed by atoms with Gasteiger partial charge in [-0.05, 0) is 17.7 Å². The van der Waals surface area contributed by atoms with Crippen LogP contribution in [0, 0.1) is 0 Å². The number of morpholine rings is 1. The van der Waals surface area contributed by atoms with E-state index in [0.29, 0.717) is 0 Å². The largest absolute Gasteiger partial charge is 0.493 e. The Hall–Kier alpha value is -2.25. The summed E-state index contributed by atoms with van der Waals surface area (Å²) >= 11 is 0. The zero-order valence-corrected chi connectivity index (χ0v) is 14.7. The van der Waals surface area contributed by atoms with E-state index in [2.05, 4.69) is 26.5 Å². The lowest BCUT2D eigenvalue weighted by Crippen LogP contribution is -2.39. The number of benzene rings is 1. The number of methoxy groups -OCH3 is 2. The van der Waals surface area contributed by atoms with Gasteiger partial charge in [0, 0.05) is 43.7 Å². The summed E-state index contributed by atoms with van der Waals surface area (Å²) in [6, 6.07) is 4.08. The molecule has 0 atom stereocenters. The average Bonchev–Trinajstić information content (AvgIpc) is 3.20. The number of hydrogen-bond donors (Lipinski definition) is 2. The van der Waals surface area contributed by atoms with Crippen LogP contribution in [0.5, 0.6) is 11.5 Å². The third-order valence-corrected chi connectivity index (χ3v) is 4.94. The Morgan fingerprint density at radius 3 is 2.72 bits per heavy atom. The maximum atomic E-state index is 5.42. The van der Waals surface area contributed by atoms with Crippen LogP contribution in [0.3, 0.4) is 0 Å². The molecule has 134 valence electrons. The maximum absolute atomic E-state index is 5.42. The summed E-state index contributed by atoms with van der Waals surface area (Å²) in [5.41, 5.74) is 4.66. The first-order chi connectivity index (χ1) is 12.3. The van der Waals surface area contributed by atoms with Crippen molar-refractivity contribution in [2.75, 3.05) is 58.9 Å². The Kier molecular flexibility index (Phi) is 4.50. The molecule has 0 spiro atoms. The summed E-state index contributed by atoms with van der Waals surface area (Å²) in [5.74, 6) is 2.45. The number of nitrogens with zero attached hydrogens (tertiary/aromatic N) is 2. The van der Waals surface area contributed by atoms with E-state index >= 15 is 0 Å². The molecule has 0 radical (unpaired) electrons. The van der Waals surface area contributed by atoms with Gasteiger partial charge in [-0.3, -0.25) is 10.00 Å². The number of rotatable bonds is 6. The van der Waals surface area contributed by atoms with Gasteiger partial charge >= 0.3 is 0 Å². The number of nitrogens with one attached hydrogen (secondary N) is 2. The number of aromatic amines is 1. The third-order valence-electron chi connectivity index (χ3n) is 4.94. The molecule has 2 heterocycles. The third kappa shape index (κ3) is 3.05. The van der Waals surface area contributed by atoms with E-state index in [-0.39, 0.29) is 0 Å². The van der Waals surface area contributed by atoms with E-state index in [1.165, 1.54) is 11.1 Å². The van der Waals surface area contributed by atoms with Crippen LogP contribution in [0.4, 0.5) is 5.82 Å². The normalized spacial score (nSPS) is 16.4. The van der Waals surface area contributed by atoms with Crippen molar-refractivity contribution in [3.05, 3.63) is 23.3 Å². The van der Waals surface area contributed by atoms with Crippen molar-refractivity contribution < 1.29 is 14.2 Å². The van der Waals surface area contributed by atoms with E-state index in [1.54, 1.807) is 14.2 Å². The van der Waals surface area contributed by atoms with Gasteiger partial charge in [0.1, 0.15) is 0 Å². The first-order valence-electron chi connectivity index (χ1n) is 8.66. The van der Waals surface area contributed by atoms with Crippen LogP contribution in [-0.2, 0) is 11.2 Å². The molecular formula is C18H24N4O3. The Labute approximate surface area is 147 Å². The standard InChI is InChI=1S/C18H24N4O3/c1-23-15-10-12-9-14-17(13(12)11-16(15)24-2)20-21-18(14)19-3-4-22-5-7-25-8-6-22/h10-11H,3-9H2,1-2H3,(H2,19,20,21). The molecule has 0 bridgehead atoms. The summed E-state index contributed by atoms with van der Waals surface area (Å²) in [7, 11) is 3.32. The predicted octanol–water partition coefficient (Wildman–Crippen LogP) is 1.74. The van der Waals surface area contributed by atoms with Crippen molar-refractivity contribution in [3.63, 3.8) is 0 Å². The fourth-order valence-corrected chi connectivity index (χ4v) is 3.55.